The molecule has 0 aliphatic carbocycles. The first kappa shape index (κ1) is 14.5. The highest BCUT2D eigenvalue weighted by atomic mass is 79.9. The van der Waals surface area contributed by atoms with Crippen LogP contribution in [0.3, 0.4) is 0 Å². The molecule has 0 unspecified atom stereocenters. The Labute approximate surface area is 131 Å². The highest BCUT2D eigenvalue weighted by molar-refractivity contribution is 9.11. The van der Waals surface area contributed by atoms with E-state index in [0.29, 0.717) is 15.1 Å². The molecule has 0 N–H and O–H groups in total. The molecule has 0 aliphatic rings. The highest BCUT2D eigenvalue weighted by Gasteiger charge is 2.10. The van der Waals surface area contributed by atoms with Crippen LogP contribution in [0.5, 0.6) is 0 Å². The van der Waals surface area contributed by atoms with Crippen LogP contribution in [0.25, 0.3) is 0 Å². The number of carbonyl (C=O) groups is 1. The molecule has 0 atom stereocenters. The molecule has 98 valence electrons. The van der Waals surface area contributed by atoms with E-state index in [4.69, 9.17) is 11.6 Å². The van der Waals surface area contributed by atoms with Crippen LogP contribution in [-0.4, -0.2) is 10.4 Å². The van der Waals surface area contributed by atoms with E-state index in [-0.39, 0.29) is 17.9 Å². The first-order valence-electron chi connectivity index (χ1n) is 5.31. The van der Waals surface area contributed by atoms with Crippen molar-refractivity contribution >= 4 is 49.2 Å². The fourth-order valence-electron chi connectivity index (χ4n) is 1.56. The summed E-state index contributed by atoms with van der Waals surface area (Å²) in [6.07, 6.45) is 1.58. The van der Waals surface area contributed by atoms with E-state index in [1.807, 2.05) is 0 Å². The maximum absolute atomic E-state index is 12.1. The Morgan fingerprint density at radius 2 is 1.84 bits per heavy atom. The standard InChI is InChI=1S/C13H8Br2ClNO2/c14-9-5-11(15)13(19)17(6-9)7-12(18)8-1-3-10(16)4-2-8/h1-6H,7H2. The molecule has 1 aromatic heterocycles. The van der Waals surface area contributed by atoms with E-state index in [1.165, 1.54) is 4.57 Å². The molecule has 3 nitrogen and oxygen atoms in total. The molecule has 0 amide bonds. The van der Waals surface area contributed by atoms with Gasteiger partial charge < -0.3 is 4.57 Å². The van der Waals surface area contributed by atoms with Gasteiger partial charge in [0.1, 0.15) is 0 Å². The summed E-state index contributed by atoms with van der Waals surface area (Å²) in [6, 6.07) is 8.22. The molecule has 1 aromatic carbocycles. The van der Waals surface area contributed by atoms with Crippen LogP contribution in [0.2, 0.25) is 5.02 Å². The van der Waals surface area contributed by atoms with Gasteiger partial charge in [-0.3, -0.25) is 9.59 Å². The molecule has 0 spiro atoms. The van der Waals surface area contributed by atoms with Gasteiger partial charge in [-0.05, 0) is 62.2 Å². The van der Waals surface area contributed by atoms with Crippen LogP contribution in [0.15, 0.2) is 50.3 Å². The number of rotatable bonds is 3. The number of benzene rings is 1. The van der Waals surface area contributed by atoms with Crippen molar-refractivity contribution in [3.8, 4) is 0 Å². The molecule has 0 saturated heterocycles. The number of halogens is 3. The van der Waals surface area contributed by atoms with Gasteiger partial charge in [0, 0.05) is 21.3 Å². The van der Waals surface area contributed by atoms with Gasteiger partial charge in [0.2, 0.25) is 0 Å². The monoisotopic (exact) mass is 403 g/mol. The fourth-order valence-corrected chi connectivity index (χ4v) is 2.95. The second-order valence-corrected chi connectivity index (χ2v) is 6.08. The summed E-state index contributed by atoms with van der Waals surface area (Å²) >= 11 is 12.2. The zero-order chi connectivity index (χ0) is 14.0. The topological polar surface area (TPSA) is 39.1 Å². The third kappa shape index (κ3) is 3.55. The van der Waals surface area contributed by atoms with Crippen LogP contribution in [0, 0.1) is 0 Å². The molecule has 1 heterocycles. The number of nitrogens with zero attached hydrogens (tertiary/aromatic N) is 1. The van der Waals surface area contributed by atoms with Crippen LogP contribution in [0.1, 0.15) is 10.4 Å². The fraction of sp³-hybridized carbons (Fsp3) is 0.0769. The highest BCUT2D eigenvalue weighted by Crippen LogP contribution is 2.14. The van der Waals surface area contributed by atoms with Crippen LogP contribution >= 0.6 is 43.5 Å². The average Bonchev–Trinajstić information content (AvgIpc) is 2.36. The normalized spacial score (nSPS) is 10.5. The molecule has 2 rings (SSSR count). The minimum Gasteiger partial charge on any atom is -0.306 e. The van der Waals surface area contributed by atoms with Crippen LogP contribution in [-0.2, 0) is 6.54 Å². The second-order valence-electron chi connectivity index (χ2n) is 3.87. The van der Waals surface area contributed by atoms with Crippen molar-refractivity contribution in [2.45, 2.75) is 6.54 Å². The largest absolute Gasteiger partial charge is 0.306 e. The zero-order valence-electron chi connectivity index (χ0n) is 9.57. The number of ketones is 1. The molecule has 0 fully saturated rings. The lowest BCUT2D eigenvalue weighted by atomic mass is 10.1. The Kier molecular flexibility index (Phi) is 4.60. The molecule has 6 heteroatoms. The van der Waals surface area contributed by atoms with E-state index in [1.54, 1.807) is 36.5 Å². The van der Waals surface area contributed by atoms with Gasteiger partial charge in [-0.25, -0.2) is 0 Å². The molecular weight excluding hydrogens is 397 g/mol. The van der Waals surface area contributed by atoms with Gasteiger partial charge in [0.25, 0.3) is 5.56 Å². The molecule has 0 radical (unpaired) electrons. The summed E-state index contributed by atoms with van der Waals surface area (Å²) in [5, 5.41) is 0.568. The number of aromatic nitrogens is 1. The van der Waals surface area contributed by atoms with Gasteiger partial charge in [-0.1, -0.05) is 11.6 Å². The minimum absolute atomic E-state index is 0.0154. The van der Waals surface area contributed by atoms with Crippen molar-refractivity contribution in [3.05, 3.63) is 66.4 Å². The first-order valence-corrected chi connectivity index (χ1v) is 7.28. The van der Waals surface area contributed by atoms with Gasteiger partial charge in [0.15, 0.2) is 5.78 Å². The summed E-state index contributed by atoms with van der Waals surface area (Å²) in [5.74, 6) is -0.149. The summed E-state index contributed by atoms with van der Waals surface area (Å²) in [7, 11) is 0. The van der Waals surface area contributed by atoms with Crippen LogP contribution < -0.4 is 5.56 Å². The van der Waals surface area contributed by atoms with Gasteiger partial charge in [-0.2, -0.15) is 0 Å². The van der Waals surface area contributed by atoms with E-state index in [0.717, 1.165) is 4.47 Å². The molecule has 19 heavy (non-hydrogen) atoms. The van der Waals surface area contributed by atoms with Crippen LogP contribution in [0.4, 0.5) is 0 Å². The lowest BCUT2D eigenvalue weighted by Gasteiger charge is -2.06. The molecular formula is C13H8Br2ClNO2. The van der Waals surface area contributed by atoms with Crippen molar-refractivity contribution in [1.29, 1.82) is 0 Å². The Morgan fingerprint density at radius 1 is 1.21 bits per heavy atom. The van der Waals surface area contributed by atoms with Gasteiger partial charge >= 0.3 is 0 Å². The summed E-state index contributed by atoms with van der Waals surface area (Å²) in [6.45, 7) is -0.0154. The lowest BCUT2D eigenvalue weighted by Crippen LogP contribution is -2.24. The number of pyridine rings is 1. The number of Topliss-reactive ketones (excluding diaryl/α,β-unsaturated/α-hetero) is 1. The SMILES string of the molecule is O=C(Cn1cc(Br)cc(Br)c1=O)c1ccc(Cl)cc1. The molecule has 0 aliphatic heterocycles. The molecule has 0 bridgehead atoms. The van der Waals surface area contributed by atoms with Crippen molar-refractivity contribution in [1.82, 2.24) is 4.57 Å². The van der Waals surface area contributed by atoms with E-state index >= 15 is 0 Å². The summed E-state index contributed by atoms with van der Waals surface area (Å²) < 4.78 is 2.49. The molecule has 0 saturated carbocycles. The van der Waals surface area contributed by atoms with E-state index < -0.39 is 0 Å². The number of carbonyl (C=O) groups excluding carboxylic acids is 1. The lowest BCUT2D eigenvalue weighted by molar-refractivity contribution is 0.0970. The van der Waals surface area contributed by atoms with Crippen molar-refractivity contribution in [3.63, 3.8) is 0 Å². The second kappa shape index (κ2) is 6.03. The Bertz CT molecular complexity index is 680. The Balaban J connectivity index is 2.29. The quantitative estimate of drug-likeness (QED) is 0.727. The minimum atomic E-state index is -0.245. The summed E-state index contributed by atoms with van der Waals surface area (Å²) in [5.41, 5.74) is 0.276. The van der Waals surface area contributed by atoms with E-state index in [2.05, 4.69) is 31.9 Å². The van der Waals surface area contributed by atoms with Crippen molar-refractivity contribution in [2.75, 3.05) is 0 Å². The molecule has 2 aromatic rings. The van der Waals surface area contributed by atoms with Crippen molar-refractivity contribution in [2.24, 2.45) is 0 Å². The van der Waals surface area contributed by atoms with Gasteiger partial charge in [0.05, 0.1) is 11.0 Å². The summed E-state index contributed by atoms with van der Waals surface area (Å²) in [4.78, 5) is 23.9. The zero-order valence-corrected chi connectivity index (χ0v) is 13.5. The maximum Gasteiger partial charge on any atom is 0.265 e. The average molecular weight is 405 g/mol. The number of hydrogen-bond acceptors (Lipinski definition) is 2. The predicted molar refractivity (Wildman–Crippen MR) is 81.9 cm³/mol. The van der Waals surface area contributed by atoms with E-state index in [9.17, 15) is 9.59 Å². The predicted octanol–water partition coefficient (Wildman–Crippen LogP) is 3.91. The number of hydrogen-bond donors (Lipinski definition) is 0. The van der Waals surface area contributed by atoms with Gasteiger partial charge in [-0.15, -0.1) is 0 Å². The smallest absolute Gasteiger partial charge is 0.265 e. The maximum atomic E-state index is 12.1. The third-order valence-corrected chi connectivity index (χ3v) is 3.74. The third-order valence-electron chi connectivity index (χ3n) is 2.49. The van der Waals surface area contributed by atoms with Crippen molar-refractivity contribution < 1.29 is 4.79 Å². The Hall–Kier alpha value is -0.910. The first-order chi connectivity index (χ1) is 8.97. The Morgan fingerprint density at radius 3 is 2.47 bits per heavy atom.